The van der Waals surface area contributed by atoms with Crippen LogP contribution in [-0.4, -0.2) is 21.8 Å². The average Bonchev–Trinajstić information content (AvgIpc) is 2.32. The molecule has 0 aliphatic carbocycles. The molecule has 0 bridgehead atoms. The summed E-state index contributed by atoms with van der Waals surface area (Å²) in [5, 5.41) is 8.45. The SMILES string of the molecule is CCOc1ncnnc1-c1ccc(Cl)cc1. The van der Waals surface area contributed by atoms with Crippen molar-refractivity contribution in [3.05, 3.63) is 35.6 Å². The van der Waals surface area contributed by atoms with Crippen LogP contribution in [0.5, 0.6) is 5.88 Å². The highest BCUT2D eigenvalue weighted by Crippen LogP contribution is 2.25. The lowest BCUT2D eigenvalue weighted by atomic mass is 10.1. The van der Waals surface area contributed by atoms with Crippen molar-refractivity contribution in [2.24, 2.45) is 0 Å². The van der Waals surface area contributed by atoms with Gasteiger partial charge in [-0.25, -0.2) is 0 Å². The molecule has 2 aromatic rings. The van der Waals surface area contributed by atoms with Crippen LogP contribution in [0.3, 0.4) is 0 Å². The first kappa shape index (κ1) is 10.8. The number of benzene rings is 1. The Bertz CT molecular complexity index is 473. The highest BCUT2D eigenvalue weighted by molar-refractivity contribution is 6.30. The molecule has 0 saturated heterocycles. The second kappa shape index (κ2) is 4.90. The van der Waals surface area contributed by atoms with E-state index < -0.39 is 0 Å². The number of halogens is 1. The van der Waals surface area contributed by atoms with Gasteiger partial charge in [0.1, 0.15) is 6.33 Å². The predicted molar refractivity (Wildman–Crippen MR) is 61.4 cm³/mol. The zero-order valence-electron chi connectivity index (χ0n) is 8.72. The van der Waals surface area contributed by atoms with Crippen molar-refractivity contribution in [2.45, 2.75) is 6.92 Å². The summed E-state index contributed by atoms with van der Waals surface area (Å²) in [7, 11) is 0. The first-order valence-electron chi connectivity index (χ1n) is 4.87. The van der Waals surface area contributed by atoms with Gasteiger partial charge >= 0.3 is 0 Å². The molecule has 0 saturated carbocycles. The molecule has 1 aromatic heterocycles. The standard InChI is InChI=1S/C11H10ClN3O/c1-2-16-11-10(15-14-7-13-11)8-3-5-9(12)6-4-8/h3-7H,2H2,1H3. The molecule has 0 N–H and O–H groups in total. The quantitative estimate of drug-likeness (QED) is 0.821. The van der Waals surface area contributed by atoms with E-state index in [0.29, 0.717) is 23.2 Å². The average molecular weight is 236 g/mol. The number of ether oxygens (including phenoxy) is 1. The minimum atomic E-state index is 0.486. The minimum Gasteiger partial charge on any atom is -0.476 e. The smallest absolute Gasteiger partial charge is 0.244 e. The van der Waals surface area contributed by atoms with Crippen LogP contribution in [0, 0.1) is 0 Å². The van der Waals surface area contributed by atoms with Crippen molar-refractivity contribution >= 4 is 11.6 Å². The third-order valence-corrected chi connectivity index (χ3v) is 2.24. The summed E-state index contributed by atoms with van der Waals surface area (Å²) in [5.41, 5.74) is 1.51. The predicted octanol–water partition coefficient (Wildman–Crippen LogP) is 2.59. The molecular weight excluding hydrogens is 226 g/mol. The van der Waals surface area contributed by atoms with Gasteiger partial charge in [0.25, 0.3) is 0 Å². The molecule has 82 valence electrons. The van der Waals surface area contributed by atoms with Crippen LogP contribution in [0.25, 0.3) is 11.3 Å². The van der Waals surface area contributed by atoms with Crippen molar-refractivity contribution in [2.75, 3.05) is 6.61 Å². The Labute approximate surface area is 98.3 Å². The molecule has 0 aliphatic heterocycles. The third kappa shape index (κ3) is 2.28. The Kier molecular flexibility index (Phi) is 3.31. The van der Waals surface area contributed by atoms with E-state index in [0.717, 1.165) is 5.56 Å². The molecule has 0 aliphatic rings. The van der Waals surface area contributed by atoms with Crippen LogP contribution in [-0.2, 0) is 0 Å². The minimum absolute atomic E-state index is 0.486. The van der Waals surface area contributed by atoms with E-state index in [1.807, 2.05) is 19.1 Å². The molecule has 0 fully saturated rings. The van der Waals surface area contributed by atoms with Crippen molar-refractivity contribution in [3.63, 3.8) is 0 Å². The van der Waals surface area contributed by atoms with E-state index in [-0.39, 0.29) is 0 Å². The molecule has 0 spiro atoms. The summed E-state index contributed by atoms with van der Waals surface area (Å²) < 4.78 is 5.38. The summed E-state index contributed by atoms with van der Waals surface area (Å²) in [5.74, 6) is 0.486. The fourth-order valence-electron chi connectivity index (χ4n) is 1.30. The number of nitrogens with zero attached hydrogens (tertiary/aromatic N) is 3. The molecule has 16 heavy (non-hydrogen) atoms. The van der Waals surface area contributed by atoms with Gasteiger partial charge in [-0.05, 0) is 19.1 Å². The normalized spacial score (nSPS) is 10.1. The fourth-order valence-corrected chi connectivity index (χ4v) is 1.42. The van der Waals surface area contributed by atoms with Crippen LogP contribution in [0.2, 0.25) is 5.02 Å². The van der Waals surface area contributed by atoms with Gasteiger partial charge < -0.3 is 4.74 Å². The molecule has 4 nitrogen and oxygen atoms in total. The number of aromatic nitrogens is 3. The second-order valence-corrected chi connectivity index (χ2v) is 3.49. The van der Waals surface area contributed by atoms with Gasteiger partial charge in [0.05, 0.1) is 6.61 Å². The second-order valence-electron chi connectivity index (χ2n) is 3.05. The van der Waals surface area contributed by atoms with Crippen molar-refractivity contribution in [1.29, 1.82) is 0 Å². The van der Waals surface area contributed by atoms with E-state index in [1.54, 1.807) is 12.1 Å². The van der Waals surface area contributed by atoms with E-state index in [4.69, 9.17) is 16.3 Å². The largest absolute Gasteiger partial charge is 0.476 e. The van der Waals surface area contributed by atoms with Crippen LogP contribution < -0.4 is 4.74 Å². The van der Waals surface area contributed by atoms with Gasteiger partial charge in [0, 0.05) is 10.6 Å². The van der Waals surface area contributed by atoms with E-state index in [2.05, 4.69) is 15.2 Å². The van der Waals surface area contributed by atoms with Crippen molar-refractivity contribution in [3.8, 4) is 17.1 Å². The van der Waals surface area contributed by atoms with E-state index >= 15 is 0 Å². The lowest BCUT2D eigenvalue weighted by Crippen LogP contribution is -2.00. The summed E-state index contributed by atoms with van der Waals surface area (Å²) in [6.45, 7) is 2.44. The molecule has 1 heterocycles. The van der Waals surface area contributed by atoms with E-state index in [1.165, 1.54) is 6.33 Å². The molecule has 2 rings (SSSR count). The lowest BCUT2D eigenvalue weighted by molar-refractivity contribution is 0.325. The van der Waals surface area contributed by atoms with Gasteiger partial charge in [-0.3, -0.25) is 0 Å². The highest BCUT2D eigenvalue weighted by atomic mass is 35.5. The van der Waals surface area contributed by atoms with Crippen LogP contribution in [0.15, 0.2) is 30.6 Å². The number of rotatable bonds is 3. The third-order valence-electron chi connectivity index (χ3n) is 1.99. The lowest BCUT2D eigenvalue weighted by Gasteiger charge is -2.06. The van der Waals surface area contributed by atoms with Gasteiger partial charge in [-0.15, -0.1) is 10.2 Å². The molecule has 0 unspecified atom stereocenters. The number of hydrogen-bond donors (Lipinski definition) is 0. The summed E-state index contributed by atoms with van der Waals surface area (Å²) >= 11 is 5.82. The van der Waals surface area contributed by atoms with Crippen molar-refractivity contribution in [1.82, 2.24) is 15.2 Å². The fraction of sp³-hybridized carbons (Fsp3) is 0.182. The molecule has 5 heteroatoms. The van der Waals surface area contributed by atoms with Crippen LogP contribution in [0.1, 0.15) is 6.92 Å². The Morgan fingerprint density at radius 3 is 2.69 bits per heavy atom. The maximum atomic E-state index is 5.82. The van der Waals surface area contributed by atoms with Crippen molar-refractivity contribution < 1.29 is 4.74 Å². The Morgan fingerprint density at radius 1 is 1.25 bits per heavy atom. The van der Waals surface area contributed by atoms with Crippen LogP contribution in [0.4, 0.5) is 0 Å². The zero-order valence-corrected chi connectivity index (χ0v) is 9.48. The molecule has 1 aromatic carbocycles. The Balaban J connectivity index is 2.42. The first-order valence-corrected chi connectivity index (χ1v) is 5.25. The Hall–Kier alpha value is -1.68. The highest BCUT2D eigenvalue weighted by Gasteiger charge is 2.09. The first-order chi connectivity index (χ1) is 7.81. The Morgan fingerprint density at radius 2 is 2.00 bits per heavy atom. The van der Waals surface area contributed by atoms with Gasteiger partial charge in [0.2, 0.25) is 5.88 Å². The van der Waals surface area contributed by atoms with Gasteiger partial charge in [-0.1, -0.05) is 23.7 Å². The summed E-state index contributed by atoms with van der Waals surface area (Å²) in [6.07, 6.45) is 1.37. The number of hydrogen-bond acceptors (Lipinski definition) is 4. The summed E-state index contributed by atoms with van der Waals surface area (Å²) in [4.78, 5) is 4.04. The molecule has 0 amide bonds. The van der Waals surface area contributed by atoms with Gasteiger partial charge in [0.15, 0.2) is 5.69 Å². The zero-order chi connectivity index (χ0) is 11.4. The topological polar surface area (TPSA) is 47.9 Å². The maximum absolute atomic E-state index is 5.82. The maximum Gasteiger partial charge on any atom is 0.244 e. The molecule has 0 atom stereocenters. The summed E-state index contributed by atoms with van der Waals surface area (Å²) in [6, 6.07) is 7.30. The monoisotopic (exact) mass is 235 g/mol. The molecular formula is C11H10ClN3O. The van der Waals surface area contributed by atoms with Gasteiger partial charge in [-0.2, -0.15) is 4.98 Å². The van der Waals surface area contributed by atoms with E-state index in [9.17, 15) is 0 Å². The molecule has 0 radical (unpaired) electrons. The van der Waals surface area contributed by atoms with Crippen LogP contribution >= 0.6 is 11.6 Å².